The van der Waals surface area contributed by atoms with Gasteiger partial charge in [-0.1, -0.05) is 36.4 Å². The van der Waals surface area contributed by atoms with Gasteiger partial charge in [-0.05, 0) is 70.7 Å². The third-order valence-electron chi connectivity index (χ3n) is 6.25. The minimum atomic E-state index is -0.0125. The first-order valence-electron chi connectivity index (χ1n) is 10.3. The number of ether oxygens (including phenoxy) is 1. The maximum absolute atomic E-state index is 5.95. The zero-order chi connectivity index (χ0) is 19.3. The van der Waals surface area contributed by atoms with Crippen molar-refractivity contribution >= 4 is 0 Å². The van der Waals surface area contributed by atoms with Crippen LogP contribution in [0.3, 0.4) is 0 Å². The molecule has 1 aliphatic heterocycles. The van der Waals surface area contributed by atoms with Crippen LogP contribution in [-0.2, 0) is 16.7 Å². The maximum Gasteiger partial charge on any atom is 0.0535 e. The van der Waals surface area contributed by atoms with Crippen LogP contribution in [0.4, 0.5) is 0 Å². The van der Waals surface area contributed by atoms with Gasteiger partial charge < -0.3 is 4.74 Å². The van der Waals surface area contributed by atoms with Crippen molar-refractivity contribution in [1.82, 2.24) is 9.88 Å². The summed E-state index contributed by atoms with van der Waals surface area (Å²) >= 11 is 0. The number of likely N-dealkylation sites (tertiary alicyclic amines) is 1. The highest BCUT2D eigenvalue weighted by molar-refractivity contribution is 5.22. The van der Waals surface area contributed by atoms with Crippen LogP contribution in [0, 0.1) is 12.3 Å². The summed E-state index contributed by atoms with van der Waals surface area (Å²) in [6.07, 6.45) is 5.54. The summed E-state index contributed by atoms with van der Waals surface area (Å²) in [6.45, 7) is 12.6. The van der Waals surface area contributed by atoms with Gasteiger partial charge in [-0.15, -0.1) is 0 Å². The molecule has 3 rings (SSSR count). The molecule has 0 spiro atoms. The zero-order valence-corrected chi connectivity index (χ0v) is 17.4. The third kappa shape index (κ3) is 4.77. The van der Waals surface area contributed by atoms with Crippen LogP contribution in [0.15, 0.2) is 48.7 Å². The molecule has 3 nitrogen and oxygen atoms in total. The minimum absolute atomic E-state index is 0.0125. The van der Waals surface area contributed by atoms with E-state index in [0.29, 0.717) is 0 Å². The van der Waals surface area contributed by atoms with Gasteiger partial charge in [0.05, 0.1) is 6.61 Å². The van der Waals surface area contributed by atoms with Crippen LogP contribution in [0.25, 0.3) is 0 Å². The van der Waals surface area contributed by atoms with Crippen LogP contribution >= 0.6 is 0 Å². The number of hydrogen-bond donors (Lipinski definition) is 0. The van der Waals surface area contributed by atoms with Gasteiger partial charge in [-0.3, -0.25) is 9.88 Å². The Labute approximate surface area is 164 Å². The molecular weight excluding hydrogens is 332 g/mol. The second-order valence-electron chi connectivity index (χ2n) is 8.54. The van der Waals surface area contributed by atoms with Crippen molar-refractivity contribution in [2.75, 3.05) is 26.3 Å². The molecule has 0 radical (unpaired) electrons. The monoisotopic (exact) mass is 366 g/mol. The summed E-state index contributed by atoms with van der Waals surface area (Å²) < 4.78 is 5.95. The number of nitrogens with zero attached hydrogens (tertiary/aromatic N) is 2. The van der Waals surface area contributed by atoms with Gasteiger partial charge in [0.1, 0.15) is 0 Å². The number of aromatic nitrogens is 1. The van der Waals surface area contributed by atoms with E-state index in [9.17, 15) is 0 Å². The zero-order valence-electron chi connectivity index (χ0n) is 17.4. The number of rotatable bonds is 8. The molecule has 1 fully saturated rings. The van der Waals surface area contributed by atoms with E-state index in [-0.39, 0.29) is 11.0 Å². The molecule has 1 saturated heterocycles. The number of pyridine rings is 1. The summed E-state index contributed by atoms with van der Waals surface area (Å²) in [5.74, 6) is 0. The Hall–Kier alpha value is -1.71. The lowest BCUT2D eigenvalue weighted by Gasteiger charge is -2.38. The van der Waals surface area contributed by atoms with Crippen molar-refractivity contribution < 1.29 is 4.74 Å². The fraction of sp³-hybridized carbons (Fsp3) is 0.542. The Morgan fingerprint density at radius 3 is 2.59 bits per heavy atom. The molecule has 2 heterocycles. The van der Waals surface area contributed by atoms with E-state index >= 15 is 0 Å². The fourth-order valence-corrected chi connectivity index (χ4v) is 4.19. The topological polar surface area (TPSA) is 25.4 Å². The molecule has 0 amide bonds. The fourth-order valence-electron chi connectivity index (χ4n) is 4.19. The quantitative estimate of drug-likeness (QED) is 0.658. The molecule has 0 aliphatic carbocycles. The molecule has 3 heteroatoms. The van der Waals surface area contributed by atoms with E-state index in [1.165, 1.54) is 24.0 Å². The summed E-state index contributed by atoms with van der Waals surface area (Å²) in [7, 11) is 0. The Balaban J connectivity index is 1.73. The number of hydrogen-bond acceptors (Lipinski definition) is 3. The van der Waals surface area contributed by atoms with Crippen molar-refractivity contribution in [3.05, 3.63) is 65.5 Å². The van der Waals surface area contributed by atoms with Gasteiger partial charge >= 0.3 is 0 Å². The van der Waals surface area contributed by atoms with E-state index < -0.39 is 0 Å². The van der Waals surface area contributed by atoms with Crippen LogP contribution in [0.5, 0.6) is 0 Å². The highest BCUT2D eigenvalue weighted by Crippen LogP contribution is 2.41. The third-order valence-corrected chi connectivity index (χ3v) is 6.25. The molecule has 1 aromatic carbocycles. The first kappa shape index (κ1) is 20.0. The SMILES string of the molecule is CCOCC1(CCc2ccccc2)CCN(C(C)(C)c2ccc(C)nc2)C1. The molecule has 1 unspecified atom stereocenters. The Morgan fingerprint density at radius 2 is 1.93 bits per heavy atom. The van der Waals surface area contributed by atoms with Crippen LogP contribution in [0.1, 0.15) is 50.4 Å². The standard InChI is InChI=1S/C24H34N2O/c1-5-27-19-24(14-13-21-9-7-6-8-10-21)15-16-26(18-24)23(3,4)22-12-11-20(2)25-17-22/h6-12,17H,5,13-16,18-19H2,1-4H3. The lowest BCUT2D eigenvalue weighted by molar-refractivity contribution is 0.0385. The van der Waals surface area contributed by atoms with Crippen molar-refractivity contribution in [1.29, 1.82) is 0 Å². The summed E-state index contributed by atoms with van der Waals surface area (Å²) in [5, 5.41) is 0. The molecular formula is C24H34N2O. The lowest BCUT2D eigenvalue weighted by atomic mass is 9.81. The highest BCUT2D eigenvalue weighted by Gasteiger charge is 2.43. The molecule has 27 heavy (non-hydrogen) atoms. The van der Waals surface area contributed by atoms with Crippen molar-refractivity contribution in [3.63, 3.8) is 0 Å². The molecule has 0 bridgehead atoms. The molecule has 1 aromatic heterocycles. The largest absolute Gasteiger partial charge is 0.381 e. The lowest BCUT2D eigenvalue weighted by Crippen LogP contribution is -2.42. The first-order valence-corrected chi connectivity index (χ1v) is 10.3. The summed E-state index contributed by atoms with van der Waals surface area (Å²) in [5.41, 5.74) is 4.02. The van der Waals surface area contributed by atoms with Gasteiger partial charge in [0.15, 0.2) is 0 Å². The minimum Gasteiger partial charge on any atom is -0.381 e. The highest BCUT2D eigenvalue weighted by atomic mass is 16.5. The first-order chi connectivity index (χ1) is 13.0. The molecule has 1 atom stereocenters. The molecule has 0 N–H and O–H groups in total. The van der Waals surface area contributed by atoms with Gasteiger partial charge in [-0.25, -0.2) is 0 Å². The predicted octanol–water partition coefficient (Wildman–Crippen LogP) is 4.99. The second-order valence-corrected chi connectivity index (χ2v) is 8.54. The average Bonchev–Trinajstić information content (AvgIpc) is 3.12. The molecule has 2 aromatic rings. The van der Waals surface area contributed by atoms with Gasteiger partial charge in [0, 0.05) is 36.0 Å². The Bertz CT molecular complexity index is 711. The van der Waals surface area contributed by atoms with E-state index in [4.69, 9.17) is 4.74 Å². The van der Waals surface area contributed by atoms with E-state index in [1.54, 1.807) is 0 Å². The second kappa shape index (κ2) is 8.53. The van der Waals surface area contributed by atoms with E-state index in [0.717, 1.165) is 38.4 Å². The van der Waals surface area contributed by atoms with Crippen molar-refractivity contribution in [2.24, 2.45) is 5.41 Å². The number of aryl methyl sites for hydroxylation is 2. The van der Waals surface area contributed by atoms with Gasteiger partial charge in [0.2, 0.25) is 0 Å². The Kier molecular flexibility index (Phi) is 6.33. The molecule has 1 aliphatic rings. The summed E-state index contributed by atoms with van der Waals surface area (Å²) in [6, 6.07) is 15.2. The van der Waals surface area contributed by atoms with E-state index in [1.807, 2.05) is 13.1 Å². The van der Waals surface area contributed by atoms with Crippen LogP contribution in [0.2, 0.25) is 0 Å². The number of benzene rings is 1. The smallest absolute Gasteiger partial charge is 0.0535 e. The van der Waals surface area contributed by atoms with Gasteiger partial charge in [-0.2, -0.15) is 0 Å². The molecule has 146 valence electrons. The van der Waals surface area contributed by atoms with Crippen LogP contribution in [-0.4, -0.2) is 36.2 Å². The summed E-state index contributed by atoms with van der Waals surface area (Å²) in [4.78, 5) is 7.16. The normalized spacial score (nSPS) is 20.9. The van der Waals surface area contributed by atoms with Crippen LogP contribution < -0.4 is 0 Å². The molecule has 0 saturated carbocycles. The predicted molar refractivity (Wildman–Crippen MR) is 112 cm³/mol. The maximum atomic E-state index is 5.95. The van der Waals surface area contributed by atoms with Gasteiger partial charge in [0.25, 0.3) is 0 Å². The average molecular weight is 367 g/mol. The van der Waals surface area contributed by atoms with E-state index in [2.05, 4.69) is 73.1 Å². The van der Waals surface area contributed by atoms with Crippen molar-refractivity contribution in [3.8, 4) is 0 Å². The van der Waals surface area contributed by atoms with Crippen molar-refractivity contribution in [2.45, 2.75) is 52.5 Å². The Morgan fingerprint density at radius 1 is 1.15 bits per heavy atom.